The molecule has 6 nitrogen and oxygen atoms in total. The Kier molecular flexibility index (Phi) is 7.82. The summed E-state index contributed by atoms with van der Waals surface area (Å²) in [7, 11) is 1.64. The minimum absolute atomic E-state index is 0.232. The minimum atomic E-state index is -0.822. The second kappa shape index (κ2) is 10.3. The number of carboxylic acids is 1. The summed E-state index contributed by atoms with van der Waals surface area (Å²) >= 11 is 0. The fourth-order valence-electron chi connectivity index (χ4n) is 2.49. The van der Waals surface area contributed by atoms with Gasteiger partial charge in [-0.2, -0.15) is 0 Å². The second-order valence-electron chi connectivity index (χ2n) is 6.32. The number of aliphatic carboxylic acids is 1. The van der Waals surface area contributed by atoms with Crippen LogP contribution in [0.2, 0.25) is 0 Å². The number of hydrogen-bond acceptors (Lipinski definition) is 4. The smallest absolute Gasteiger partial charge is 0.306 e. The van der Waals surface area contributed by atoms with Crippen molar-refractivity contribution in [3.63, 3.8) is 0 Å². The highest BCUT2D eigenvalue weighted by Crippen LogP contribution is 2.17. The van der Waals surface area contributed by atoms with Crippen molar-refractivity contribution in [1.82, 2.24) is 0 Å². The van der Waals surface area contributed by atoms with Gasteiger partial charge in [0, 0.05) is 31.4 Å². The Morgan fingerprint density at radius 2 is 1.85 bits per heavy atom. The molecule has 2 rings (SSSR count). The summed E-state index contributed by atoms with van der Waals surface area (Å²) in [5.41, 5.74) is 2.07. The maximum absolute atomic E-state index is 12.4. The first-order chi connectivity index (χ1) is 13.0. The lowest BCUT2D eigenvalue weighted by Crippen LogP contribution is -2.13. The Balaban J connectivity index is 1.93. The number of anilines is 1. The van der Waals surface area contributed by atoms with Gasteiger partial charge in [0.25, 0.3) is 5.91 Å². The van der Waals surface area contributed by atoms with Crippen molar-refractivity contribution in [1.29, 1.82) is 0 Å². The number of ether oxygens (including phenoxy) is 2. The van der Waals surface area contributed by atoms with Gasteiger partial charge in [-0.3, -0.25) is 9.59 Å². The number of hydrogen-bond donors (Lipinski definition) is 2. The van der Waals surface area contributed by atoms with Gasteiger partial charge in [0.05, 0.1) is 12.5 Å². The average Bonchev–Trinajstić information content (AvgIpc) is 2.67. The molecule has 0 fully saturated rings. The molecule has 2 N–H and O–H groups in total. The maximum Gasteiger partial charge on any atom is 0.306 e. The van der Waals surface area contributed by atoms with E-state index in [1.807, 2.05) is 18.2 Å². The summed E-state index contributed by atoms with van der Waals surface area (Å²) in [4.78, 5) is 23.4. The molecule has 0 aliphatic rings. The van der Waals surface area contributed by atoms with Gasteiger partial charge in [-0.05, 0) is 42.3 Å². The number of carbonyl (C=O) groups is 2. The largest absolute Gasteiger partial charge is 0.493 e. The Morgan fingerprint density at radius 1 is 1.11 bits per heavy atom. The predicted octanol–water partition coefficient (Wildman–Crippen LogP) is 3.62. The summed E-state index contributed by atoms with van der Waals surface area (Å²) < 4.78 is 10.6. The molecule has 1 atom stereocenters. The SMILES string of the molecule is COCCCOc1cccc(C(=O)Nc2ccc(CC(C)C(=O)O)cc2)c1. The van der Waals surface area contributed by atoms with Crippen LogP contribution in [0.5, 0.6) is 5.75 Å². The molecular formula is C21H25NO5. The van der Waals surface area contributed by atoms with Crippen LogP contribution in [0.3, 0.4) is 0 Å². The van der Waals surface area contributed by atoms with E-state index in [2.05, 4.69) is 5.32 Å². The number of rotatable bonds is 10. The Morgan fingerprint density at radius 3 is 2.52 bits per heavy atom. The number of methoxy groups -OCH3 is 1. The molecule has 0 aliphatic heterocycles. The number of carbonyl (C=O) groups excluding carboxylic acids is 1. The summed E-state index contributed by atoms with van der Waals surface area (Å²) in [5.74, 6) is -0.866. The monoisotopic (exact) mass is 371 g/mol. The quantitative estimate of drug-likeness (QED) is 0.623. The molecule has 6 heteroatoms. The number of carboxylic acid groups (broad SMARTS) is 1. The lowest BCUT2D eigenvalue weighted by molar-refractivity contribution is -0.141. The van der Waals surface area contributed by atoms with Crippen LogP contribution in [0, 0.1) is 5.92 Å². The molecular weight excluding hydrogens is 346 g/mol. The van der Waals surface area contributed by atoms with Gasteiger partial charge >= 0.3 is 5.97 Å². The first-order valence-electron chi connectivity index (χ1n) is 8.84. The van der Waals surface area contributed by atoms with E-state index in [4.69, 9.17) is 14.6 Å². The molecule has 0 aliphatic carbocycles. The van der Waals surface area contributed by atoms with Gasteiger partial charge in [0.15, 0.2) is 0 Å². The highest BCUT2D eigenvalue weighted by Gasteiger charge is 2.12. The Bertz CT molecular complexity index is 757. The maximum atomic E-state index is 12.4. The van der Waals surface area contributed by atoms with Crippen molar-refractivity contribution >= 4 is 17.6 Å². The molecule has 2 aromatic carbocycles. The molecule has 0 spiro atoms. The molecule has 0 saturated heterocycles. The predicted molar refractivity (Wildman–Crippen MR) is 103 cm³/mol. The van der Waals surface area contributed by atoms with Gasteiger partial charge in [0.1, 0.15) is 5.75 Å². The first kappa shape index (κ1) is 20.5. The van der Waals surface area contributed by atoms with E-state index in [0.717, 1.165) is 12.0 Å². The van der Waals surface area contributed by atoms with E-state index in [0.29, 0.717) is 36.6 Å². The first-order valence-corrected chi connectivity index (χ1v) is 8.84. The zero-order chi connectivity index (χ0) is 19.6. The topological polar surface area (TPSA) is 84.9 Å². The molecule has 0 saturated carbocycles. The second-order valence-corrected chi connectivity index (χ2v) is 6.32. The van der Waals surface area contributed by atoms with Gasteiger partial charge in [-0.15, -0.1) is 0 Å². The molecule has 0 bridgehead atoms. The standard InChI is InChI=1S/C21H25NO5/c1-15(21(24)25)13-16-7-9-18(10-8-16)22-20(23)17-5-3-6-19(14-17)27-12-4-11-26-2/h3,5-10,14-15H,4,11-13H2,1-2H3,(H,22,23)(H,24,25). The van der Waals surface area contributed by atoms with Crippen molar-refractivity contribution < 1.29 is 24.2 Å². The number of nitrogens with one attached hydrogen (secondary N) is 1. The van der Waals surface area contributed by atoms with Crippen molar-refractivity contribution in [2.24, 2.45) is 5.92 Å². The van der Waals surface area contributed by atoms with Gasteiger partial charge in [0.2, 0.25) is 0 Å². The van der Waals surface area contributed by atoms with Crippen LogP contribution in [0.25, 0.3) is 0 Å². The van der Waals surface area contributed by atoms with Crippen LogP contribution in [0.1, 0.15) is 29.3 Å². The van der Waals surface area contributed by atoms with E-state index in [9.17, 15) is 9.59 Å². The molecule has 27 heavy (non-hydrogen) atoms. The van der Waals surface area contributed by atoms with E-state index < -0.39 is 11.9 Å². The number of benzene rings is 2. The molecule has 0 radical (unpaired) electrons. The van der Waals surface area contributed by atoms with E-state index in [1.54, 1.807) is 44.4 Å². The lowest BCUT2D eigenvalue weighted by atomic mass is 10.0. The summed E-state index contributed by atoms with van der Waals surface area (Å²) in [6.07, 6.45) is 1.23. The molecule has 0 heterocycles. The highest BCUT2D eigenvalue weighted by atomic mass is 16.5. The zero-order valence-electron chi connectivity index (χ0n) is 15.6. The molecule has 1 unspecified atom stereocenters. The summed E-state index contributed by atoms with van der Waals surface area (Å²) in [5, 5.41) is 11.8. The molecule has 2 aromatic rings. The highest BCUT2D eigenvalue weighted by molar-refractivity contribution is 6.04. The Labute approximate surface area is 159 Å². The lowest BCUT2D eigenvalue weighted by Gasteiger charge is -2.10. The van der Waals surface area contributed by atoms with Gasteiger partial charge < -0.3 is 19.9 Å². The third-order valence-electron chi connectivity index (χ3n) is 4.03. The molecule has 0 aromatic heterocycles. The minimum Gasteiger partial charge on any atom is -0.493 e. The van der Waals surface area contributed by atoms with Crippen LogP contribution >= 0.6 is 0 Å². The van der Waals surface area contributed by atoms with Crippen LogP contribution in [-0.4, -0.2) is 37.3 Å². The van der Waals surface area contributed by atoms with Crippen LogP contribution in [-0.2, 0) is 16.0 Å². The number of amides is 1. The summed E-state index contributed by atoms with van der Waals surface area (Å²) in [6.45, 7) is 2.82. The van der Waals surface area contributed by atoms with E-state index in [1.165, 1.54) is 0 Å². The fourth-order valence-corrected chi connectivity index (χ4v) is 2.49. The van der Waals surface area contributed by atoms with Crippen molar-refractivity contribution in [3.8, 4) is 5.75 Å². The average molecular weight is 371 g/mol. The molecule has 1 amide bonds. The third kappa shape index (κ3) is 6.75. The van der Waals surface area contributed by atoms with Crippen LogP contribution in [0.4, 0.5) is 5.69 Å². The van der Waals surface area contributed by atoms with E-state index in [-0.39, 0.29) is 5.91 Å². The van der Waals surface area contributed by atoms with Crippen molar-refractivity contribution in [2.45, 2.75) is 19.8 Å². The van der Waals surface area contributed by atoms with Crippen LogP contribution < -0.4 is 10.1 Å². The fraction of sp³-hybridized carbons (Fsp3) is 0.333. The Hall–Kier alpha value is -2.86. The van der Waals surface area contributed by atoms with E-state index >= 15 is 0 Å². The van der Waals surface area contributed by atoms with Gasteiger partial charge in [-0.1, -0.05) is 25.1 Å². The summed E-state index contributed by atoms with van der Waals surface area (Å²) in [6, 6.07) is 14.2. The van der Waals surface area contributed by atoms with Crippen molar-refractivity contribution in [2.75, 3.05) is 25.6 Å². The zero-order valence-corrected chi connectivity index (χ0v) is 15.6. The van der Waals surface area contributed by atoms with Crippen LogP contribution in [0.15, 0.2) is 48.5 Å². The van der Waals surface area contributed by atoms with Gasteiger partial charge in [-0.25, -0.2) is 0 Å². The normalized spacial score (nSPS) is 11.6. The molecule has 144 valence electrons. The van der Waals surface area contributed by atoms with Crippen molar-refractivity contribution in [3.05, 3.63) is 59.7 Å². The third-order valence-corrected chi connectivity index (χ3v) is 4.03.